The maximum absolute atomic E-state index is 15.4. The van der Waals surface area contributed by atoms with E-state index in [1.54, 1.807) is 83.1 Å². The standard InChI is InChI=1S/C75H126N10O26/c1-72(2,3)77-68(108)50(26-14-35-59(91)92)82(45-21-39-63(99)100)54(86)30-13-25-49(67(107)76-43-19-33-57(89)84(47-23-41-65(103)104)52(28-16-37-61(95)96)70(110)79-74(7,8)9)81(44-20-34-58(90)85(48-24-42-66(105)106)53(29-17-38-62(97)98)71(111)80-75(10,11)12)55(87)31-18-32-56(88)83(46-22-40-64(101)102)51(27-15-36-60(93)94)69(109)78-73(4,5)6/h49-53H,13-48H2,1-12H3,(H,76,107)(H,77,108)(H,78,109)(H,79,110)(H,80,111)(H,91,92)(H,93,94)(H,95,96)(H,97,98)(H,99,100)(H,101,102)(H,103,104)(H,105,106). The molecule has 0 rings (SSSR count). The van der Waals surface area contributed by atoms with Crippen molar-refractivity contribution in [3.05, 3.63) is 0 Å². The van der Waals surface area contributed by atoms with Crippen LogP contribution in [0.4, 0.5) is 0 Å². The van der Waals surface area contributed by atoms with E-state index in [0.29, 0.717) is 0 Å². The van der Waals surface area contributed by atoms with Crippen molar-refractivity contribution >= 4 is 107 Å². The number of hydrogen-bond donors (Lipinski definition) is 13. The van der Waals surface area contributed by atoms with Gasteiger partial charge in [-0.2, -0.15) is 0 Å². The predicted molar refractivity (Wildman–Crippen MR) is 402 cm³/mol. The normalized spacial score (nSPS) is 12.9. The first-order valence-corrected chi connectivity index (χ1v) is 38.1. The van der Waals surface area contributed by atoms with Gasteiger partial charge in [-0.05, 0) is 192 Å². The van der Waals surface area contributed by atoms with Crippen LogP contribution in [0.15, 0.2) is 0 Å². The minimum Gasteiger partial charge on any atom is -0.481 e. The van der Waals surface area contributed by atoms with E-state index < -0.39 is 249 Å². The van der Waals surface area contributed by atoms with Crippen LogP contribution in [0.1, 0.15) is 276 Å². The zero-order valence-electron chi connectivity index (χ0n) is 67.0. The predicted octanol–water partition coefficient (Wildman–Crippen LogP) is 5.13. The van der Waals surface area contributed by atoms with E-state index in [-0.39, 0.29) is 142 Å². The molecule has 0 heterocycles. The van der Waals surface area contributed by atoms with Crippen LogP contribution in [0.2, 0.25) is 0 Å². The van der Waals surface area contributed by atoms with Crippen LogP contribution in [0.5, 0.6) is 0 Å². The van der Waals surface area contributed by atoms with Crippen LogP contribution < -0.4 is 26.6 Å². The highest BCUT2D eigenvalue weighted by atomic mass is 16.4. The molecule has 36 nitrogen and oxygen atoms in total. The molecule has 0 bridgehead atoms. The zero-order valence-corrected chi connectivity index (χ0v) is 67.0. The van der Waals surface area contributed by atoms with Gasteiger partial charge in [0.2, 0.25) is 59.1 Å². The third-order valence-corrected chi connectivity index (χ3v) is 16.9. The molecular formula is C75H126N10O26. The number of amides is 10. The third-order valence-electron chi connectivity index (χ3n) is 16.9. The molecule has 36 heteroatoms. The highest BCUT2D eigenvalue weighted by molar-refractivity contribution is 5.92. The molecular weight excluding hydrogens is 1460 g/mol. The number of hydrogen-bond acceptors (Lipinski definition) is 18. The van der Waals surface area contributed by atoms with Gasteiger partial charge in [-0.1, -0.05) is 0 Å². The fraction of sp³-hybridized carbons (Fsp3) is 0.760. The number of carbonyl (C=O) groups is 18. The van der Waals surface area contributed by atoms with Crippen molar-refractivity contribution in [2.45, 2.75) is 328 Å². The Hall–Kier alpha value is -9.54. The fourth-order valence-electron chi connectivity index (χ4n) is 12.1. The number of carboxylic acid groups (broad SMARTS) is 8. The van der Waals surface area contributed by atoms with E-state index in [4.69, 9.17) is 0 Å². The molecule has 10 amide bonds. The summed E-state index contributed by atoms with van der Waals surface area (Å²) in [6.07, 6.45) is -9.45. The Balaban J connectivity index is 8.71. The molecule has 0 aromatic rings. The highest BCUT2D eigenvalue weighted by Crippen LogP contribution is 2.24. The van der Waals surface area contributed by atoms with Gasteiger partial charge in [-0.25, -0.2) is 0 Å². The van der Waals surface area contributed by atoms with Crippen molar-refractivity contribution in [3.63, 3.8) is 0 Å². The second-order valence-corrected chi connectivity index (χ2v) is 31.8. The van der Waals surface area contributed by atoms with Crippen LogP contribution in [0.25, 0.3) is 0 Å². The molecule has 111 heavy (non-hydrogen) atoms. The second-order valence-electron chi connectivity index (χ2n) is 31.8. The summed E-state index contributed by atoms with van der Waals surface area (Å²) in [5.41, 5.74) is -3.52. The Labute approximate surface area is 650 Å². The largest absolute Gasteiger partial charge is 0.481 e. The number of nitrogens with zero attached hydrogens (tertiary/aromatic N) is 5. The van der Waals surface area contributed by atoms with E-state index in [1.165, 1.54) is 0 Å². The summed E-state index contributed by atoms with van der Waals surface area (Å²) in [4.78, 5) is 245. The maximum atomic E-state index is 15.4. The van der Waals surface area contributed by atoms with Crippen molar-refractivity contribution < 1.29 is 127 Å². The number of nitrogens with one attached hydrogen (secondary N) is 5. The minimum atomic E-state index is -1.67. The maximum Gasteiger partial charge on any atom is 0.303 e. The topological polar surface area (TPSA) is 545 Å². The molecule has 0 radical (unpaired) electrons. The van der Waals surface area contributed by atoms with Crippen molar-refractivity contribution in [1.29, 1.82) is 0 Å². The highest BCUT2D eigenvalue weighted by Gasteiger charge is 2.38. The van der Waals surface area contributed by atoms with Gasteiger partial charge in [0.25, 0.3) is 0 Å². The first kappa shape index (κ1) is 101. The summed E-state index contributed by atoms with van der Waals surface area (Å²) in [5.74, 6) is -17.3. The van der Waals surface area contributed by atoms with Gasteiger partial charge in [0.15, 0.2) is 0 Å². The summed E-state index contributed by atoms with van der Waals surface area (Å²) in [6.45, 7) is 17.8. The van der Waals surface area contributed by atoms with E-state index in [0.717, 1.165) is 24.5 Å². The average Bonchev–Trinajstić information content (AvgIpc) is 0.861. The zero-order chi connectivity index (χ0) is 85.2. The lowest BCUT2D eigenvalue weighted by Gasteiger charge is -2.35. The van der Waals surface area contributed by atoms with E-state index in [9.17, 15) is 118 Å². The molecule has 5 unspecified atom stereocenters. The van der Waals surface area contributed by atoms with Gasteiger partial charge in [-0.15, -0.1) is 0 Å². The molecule has 0 aliphatic rings. The van der Waals surface area contributed by atoms with Crippen molar-refractivity contribution in [2.24, 2.45) is 0 Å². The van der Waals surface area contributed by atoms with Gasteiger partial charge in [0.1, 0.15) is 30.2 Å². The number of aliphatic carboxylic acids is 8. The SMILES string of the molecule is CC(C)(C)NC(=O)C(CCCC(=O)O)N(CCCC(=O)O)C(=O)CCCNC(=O)C(CCCC(=O)N(CCCC(=O)O)C(CCCC(=O)O)C(=O)NC(C)(C)C)N(CCCC(=O)N(CCCC(=O)O)C(CCCC(=O)O)C(=O)NC(C)(C)C)C(=O)CCCC(=O)N(CCCC(=O)O)C(CCCC(=O)O)C(=O)NC(C)(C)C. The summed E-state index contributed by atoms with van der Waals surface area (Å²) >= 11 is 0. The van der Waals surface area contributed by atoms with Crippen LogP contribution in [0.3, 0.4) is 0 Å². The van der Waals surface area contributed by atoms with Crippen LogP contribution >= 0.6 is 0 Å². The fourth-order valence-corrected chi connectivity index (χ4v) is 12.1. The van der Waals surface area contributed by atoms with E-state index in [1.807, 2.05) is 0 Å². The first-order chi connectivity index (χ1) is 51.4. The summed E-state index contributed by atoms with van der Waals surface area (Å²) in [7, 11) is 0. The number of carboxylic acids is 8. The Kier molecular flexibility index (Phi) is 46.7. The van der Waals surface area contributed by atoms with Gasteiger partial charge >= 0.3 is 47.8 Å². The van der Waals surface area contributed by atoms with Crippen LogP contribution in [-0.4, -0.2) is 264 Å². The molecule has 0 spiro atoms. The summed E-state index contributed by atoms with van der Waals surface area (Å²) < 4.78 is 0. The smallest absolute Gasteiger partial charge is 0.303 e. The van der Waals surface area contributed by atoms with Crippen LogP contribution in [-0.2, 0) is 86.3 Å². The Morgan fingerprint density at radius 2 is 0.387 bits per heavy atom. The Bertz CT molecular complexity index is 3130. The summed E-state index contributed by atoms with van der Waals surface area (Å²) in [6, 6.07) is -7.00. The molecule has 0 saturated heterocycles. The van der Waals surface area contributed by atoms with Gasteiger partial charge in [0.05, 0.1) is 0 Å². The number of rotatable bonds is 58. The Morgan fingerprint density at radius 1 is 0.225 bits per heavy atom. The monoisotopic (exact) mass is 1580 g/mol. The summed E-state index contributed by atoms with van der Waals surface area (Å²) in [5, 5.41) is 90.6. The van der Waals surface area contributed by atoms with Crippen molar-refractivity contribution in [3.8, 4) is 0 Å². The van der Waals surface area contributed by atoms with Gasteiger partial charge in [-0.3, -0.25) is 86.3 Å². The molecule has 632 valence electrons. The average molecular weight is 1580 g/mol. The lowest BCUT2D eigenvalue weighted by atomic mass is 10.0. The Morgan fingerprint density at radius 3 is 0.595 bits per heavy atom. The molecule has 0 aliphatic carbocycles. The van der Waals surface area contributed by atoms with Crippen molar-refractivity contribution in [1.82, 2.24) is 51.1 Å². The lowest BCUT2D eigenvalue weighted by Crippen LogP contribution is -2.54. The van der Waals surface area contributed by atoms with Gasteiger partial charge < -0.3 is 91.9 Å². The van der Waals surface area contributed by atoms with Crippen LogP contribution in [0, 0.1) is 0 Å². The molecule has 0 fully saturated rings. The van der Waals surface area contributed by atoms with E-state index in [2.05, 4.69) is 26.6 Å². The van der Waals surface area contributed by atoms with Gasteiger partial charge in [0, 0.05) is 145 Å². The molecule has 0 aromatic heterocycles. The quantitative estimate of drug-likeness (QED) is 0.0351. The molecule has 0 aliphatic heterocycles. The van der Waals surface area contributed by atoms with E-state index >= 15 is 9.59 Å². The molecule has 0 aromatic carbocycles. The third kappa shape index (κ3) is 47.3. The number of carbonyl (C=O) groups excluding carboxylic acids is 10. The molecule has 0 saturated carbocycles. The molecule has 5 atom stereocenters. The second kappa shape index (κ2) is 51.1. The minimum absolute atomic E-state index is 0.0689. The van der Waals surface area contributed by atoms with Crippen molar-refractivity contribution in [2.75, 3.05) is 39.3 Å². The lowest BCUT2D eigenvalue weighted by molar-refractivity contribution is -0.145. The molecule has 13 N–H and O–H groups in total. The first-order valence-electron chi connectivity index (χ1n) is 38.1.